The van der Waals surface area contributed by atoms with Crippen molar-refractivity contribution in [1.82, 2.24) is 29.8 Å². The van der Waals surface area contributed by atoms with Crippen LogP contribution in [0.25, 0.3) is 0 Å². The molecule has 1 aromatic carbocycles. The van der Waals surface area contributed by atoms with Crippen molar-refractivity contribution in [3.05, 3.63) is 58.1 Å². The van der Waals surface area contributed by atoms with Crippen LogP contribution >= 0.6 is 11.3 Å². The van der Waals surface area contributed by atoms with Crippen LogP contribution in [0.3, 0.4) is 0 Å². The van der Waals surface area contributed by atoms with Gasteiger partial charge in [-0.2, -0.15) is 4.98 Å². The van der Waals surface area contributed by atoms with Crippen LogP contribution in [0.5, 0.6) is 5.75 Å². The summed E-state index contributed by atoms with van der Waals surface area (Å²) in [5, 5.41) is 16.5. The van der Waals surface area contributed by atoms with Crippen molar-refractivity contribution in [2.45, 2.75) is 134 Å². The Kier molecular flexibility index (Phi) is 20.4. The van der Waals surface area contributed by atoms with Gasteiger partial charge in [0.2, 0.25) is 11.7 Å². The summed E-state index contributed by atoms with van der Waals surface area (Å²) in [7, 11) is 0. The van der Waals surface area contributed by atoms with Gasteiger partial charge in [-0.1, -0.05) is 47.0 Å². The molecular weight excluding hydrogens is 677 g/mol. The minimum Gasteiger partial charge on any atom is -0.508 e. The second-order valence-electron chi connectivity index (χ2n) is 15.6. The Labute approximate surface area is 321 Å². The molecule has 5 heterocycles. The van der Waals surface area contributed by atoms with E-state index in [1.807, 2.05) is 23.7 Å². The third-order valence-electron chi connectivity index (χ3n) is 8.85. The van der Waals surface area contributed by atoms with E-state index >= 15 is 0 Å². The van der Waals surface area contributed by atoms with Crippen LogP contribution in [-0.4, -0.2) is 111 Å². The zero-order chi connectivity index (χ0) is 35.1. The van der Waals surface area contributed by atoms with Crippen molar-refractivity contribution in [2.24, 2.45) is 0 Å². The van der Waals surface area contributed by atoms with Crippen LogP contribution < -0.4 is 0 Å². The average Bonchev–Trinajstić information content (AvgIpc) is 3.74. The normalized spacial score (nSPS) is 21.7. The smallest absolute Gasteiger partial charge is 0.223 e. The first-order chi connectivity index (χ1) is 22.5. The second kappa shape index (κ2) is 21.4. The molecule has 2 aromatic heterocycles. The molecule has 12 heteroatoms. The Bertz CT molecular complexity index is 1380. The highest BCUT2D eigenvalue weighted by Gasteiger charge is 2.32. The van der Waals surface area contributed by atoms with Crippen molar-refractivity contribution >= 4 is 11.3 Å². The van der Waals surface area contributed by atoms with Gasteiger partial charge in [0.15, 0.2) is 0 Å². The van der Waals surface area contributed by atoms with Crippen LogP contribution in [-0.2, 0) is 14.2 Å². The van der Waals surface area contributed by atoms with Crippen molar-refractivity contribution in [1.29, 1.82) is 0 Å². The SMILES string of the molecule is C.C.C.C.CC(C)(C)N1CCOC(c2cccc(O)c2)C1.CC(C)(C)N1CCOC(c2nccs2)C1.Cc1nc(C2CN(C(C)(C)C)CCO2)no1. The topological polar surface area (TPSA) is 109 Å². The number of phenolic OH excluding ortho intramolecular Hbond substituents is 1. The molecule has 0 amide bonds. The Morgan fingerprint density at radius 3 is 1.63 bits per heavy atom. The number of hydrogen-bond donors (Lipinski definition) is 1. The minimum absolute atomic E-state index is 0. The molecule has 0 aliphatic carbocycles. The van der Waals surface area contributed by atoms with E-state index in [2.05, 4.69) is 92.1 Å². The first-order valence-electron chi connectivity index (χ1n) is 17.1. The first kappa shape index (κ1) is 49.6. The summed E-state index contributed by atoms with van der Waals surface area (Å²) in [5.41, 5.74) is 1.60. The Hall–Kier alpha value is -2.45. The molecule has 0 spiro atoms. The Morgan fingerprint density at radius 2 is 1.19 bits per heavy atom. The van der Waals surface area contributed by atoms with Crippen LogP contribution in [0.15, 0.2) is 40.4 Å². The van der Waals surface area contributed by atoms with E-state index < -0.39 is 0 Å². The molecule has 52 heavy (non-hydrogen) atoms. The number of ether oxygens (including phenoxy) is 3. The van der Waals surface area contributed by atoms with E-state index in [1.165, 1.54) is 0 Å². The molecule has 0 radical (unpaired) electrons. The maximum Gasteiger partial charge on any atom is 0.223 e. The fourth-order valence-electron chi connectivity index (χ4n) is 5.85. The molecule has 6 rings (SSSR count). The van der Waals surface area contributed by atoms with Gasteiger partial charge in [0.25, 0.3) is 0 Å². The van der Waals surface area contributed by atoms with Gasteiger partial charge in [-0.15, -0.1) is 11.3 Å². The second-order valence-corrected chi connectivity index (χ2v) is 16.5. The third kappa shape index (κ3) is 14.8. The van der Waals surface area contributed by atoms with Crippen LogP contribution in [0.4, 0.5) is 0 Å². The monoisotopic (exact) mass is 751 g/mol. The first-order valence-corrected chi connectivity index (χ1v) is 18.0. The van der Waals surface area contributed by atoms with Gasteiger partial charge in [-0.3, -0.25) is 14.7 Å². The van der Waals surface area contributed by atoms with Gasteiger partial charge in [0, 0.05) is 74.4 Å². The summed E-state index contributed by atoms with van der Waals surface area (Å²) >= 11 is 1.68. The van der Waals surface area contributed by atoms with E-state index in [4.69, 9.17) is 18.7 Å². The van der Waals surface area contributed by atoms with Gasteiger partial charge >= 0.3 is 0 Å². The van der Waals surface area contributed by atoms with Crippen molar-refractivity contribution in [3.8, 4) is 5.75 Å². The lowest BCUT2D eigenvalue weighted by Crippen LogP contribution is -2.49. The van der Waals surface area contributed by atoms with Crippen molar-refractivity contribution < 1.29 is 23.8 Å². The molecule has 3 aromatic rings. The van der Waals surface area contributed by atoms with Gasteiger partial charge in [-0.05, 0) is 80.0 Å². The van der Waals surface area contributed by atoms with Gasteiger partial charge < -0.3 is 23.8 Å². The molecule has 3 atom stereocenters. The van der Waals surface area contributed by atoms with Crippen LogP contribution in [0.2, 0.25) is 0 Å². The minimum atomic E-state index is -0.0644. The zero-order valence-corrected chi connectivity index (χ0v) is 31.5. The van der Waals surface area contributed by atoms with Crippen molar-refractivity contribution in [3.63, 3.8) is 0 Å². The van der Waals surface area contributed by atoms with Gasteiger partial charge in [0.05, 0.1) is 25.9 Å². The average molecular weight is 751 g/mol. The molecule has 300 valence electrons. The quantitative estimate of drug-likeness (QED) is 0.277. The molecule has 3 aliphatic rings. The number of rotatable bonds is 3. The fraction of sp³-hybridized carbons (Fsp3) is 0.725. The molecule has 3 fully saturated rings. The lowest BCUT2D eigenvalue weighted by atomic mass is 10.0. The van der Waals surface area contributed by atoms with Crippen molar-refractivity contribution in [2.75, 3.05) is 59.1 Å². The van der Waals surface area contributed by atoms with E-state index in [-0.39, 0.29) is 64.6 Å². The van der Waals surface area contributed by atoms with Crippen LogP contribution in [0.1, 0.15) is 133 Å². The summed E-state index contributed by atoms with van der Waals surface area (Å²) < 4.78 is 22.2. The number of morpholine rings is 3. The number of hydrogen-bond acceptors (Lipinski definition) is 12. The highest BCUT2D eigenvalue weighted by Crippen LogP contribution is 2.29. The molecule has 3 unspecified atom stereocenters. The van der Waals surface area contributed by atoms with E-state index in [9.17, 15) is 5.11 Å². The molecule has 3 saturated heterocycles. The highest BCUT2D eigenvalue weighted by molar-refractivity contribution is 7.09. The summed E-state index contributed by atoms with van der Waals surface area (Å²) in [6.45, 7) is 29.7. The predicted octanol–water partition coefficient (Wildman–Crippen LogP) is 8.97. The molecule has 0 bridgehead atoms. The summed E-state index contributed by atoms with van der Waals surface area (Å²) in [6.07, 6.45) is 2.01. The number of thiazole rings is 1. The molecule has 0 saturated carbocycles. The lowest BCUT2D eigenvalue weighted by molar-refractivity contribution is -0.0638. The Morgan fingerprint density at radius 1 is 0.712 bits per heavy atom. The van der Waals surface area contributed by atoms with Gasteiger partial charge in [-0.25, -0.2) is 4.98 Å². The maximum atomic E-state index is 9.50. The molecule has 1 N–H and O–H groups in total. The fourth-order valence-corrected chi connectivity index (χ4v) is 6.52. The Balaban J connectivity index is 0.000000724. The van der Waals surface area contributed by atoms with E-state index in [0.717, 1.165) is 69.7 Å². The maximum absolute atomic E-state index is 9.50. The van der Waals surface area contributed by atoms with E-state index in [1.54, 1.807) is 30.4 Å². The summed E-state index contributed by atoms with van der Waals surface area (Å²) in [6, 6.07) is 7.35. The summed E-state index contributed by atoms with van der Waals surface area (Å²) in [5.74, 6) is 1.55. The number of benzene rings is 1. The summed E-state index contributed by atoms with van der Waals surface area (Å²) in [4.78, 5) is 15.8. The number of aromatic nitrogens is 3. The van der Waals surface area contributed by atoms with E-state index in [0.29, 0.717) is 17.5 Å². The number of nitrogens with zero attached hydrogens (tertiary/aromatic N) is 6. The largest absolute Gasteiger partial charge is 0.508 e. The van der Waals surface area contributed by atoms with Gasteiger partial charge in [0.1, 0.15) is 23.0 Å². The van der Waals surface area contributed by atoms with Crippen LogP contribution in [0, 0.1) is 6.92 Å². The predicted molar refractivity (Wildman–Crippen MR) is 216 cm³/mol. The molecule has 3 aliphatic heterocycles. The number of phenols is 1. The third-order valence-corrected chi connectivity index (χ3v) is 9.71. The lowest BCUT2D eigenvalue weighted by Gasteiger charge is -2.41. The standard InChI is InChI=1S/C14H21NO2.C11H19N3O2.C11H18N2OS.4CH4/c1-14(2,3)15-7-8-17-13(10-15)11-5-4-6-12(16)9-11;1-8-12-10(13-16-8)9-7-14(5-6-15-9)11(2,3)4;1-11(2,3)13-5-6-14-9(8-13)10-12-4-7-15-10;;;;/h4-6,9,13,16H,7-8,10H2,1-3H3;9H,5-7H2,1-4H3;4,7,9H,5-6,8H2,1-3H3;4*1H4. The highest BCUT2D eigenvalue weighted by atomic mass is 32.1. The molecular formula is C40H74N6O5S. The molecule has 11 nitrogen and oxygen atoms in total. The number of aryl methyl sites for hydroxylation is 1. The number of aromatic hydroxyl groups is 1. The zero-order valence-electron chi connectivity index (χ0n) is 30.7.